The second-order valence-corrected chi connectivity index (χ2v) is 3.84. The zero-order valence-corrected chi connectivity index (χ0v) is 9.37. The number of hydrogen-bond donors (Lipinski definition) is 0. The van der Waals surface area contributed by atoms with E-state index in [0.29, 0.717) is 12.1 Å². The fourth-order valence-electron chi connectivity index (χ4n) is 1.13. The molecule has 1 nitrogen and oxygen atoms in total. The highest BCUT2D eigenvalue weighted by atomic mass is 79.9. The molecule has 0 saturated heterocycles. The molecule has 0 aromatic heterocycles. The molecule has 0 aliphatic heterocycles. The molecule has 0 N–H and O–H groups in total. The molecule has 0 saturated carbocycles. The first-order chi connectivity index (χ1) is 7.57. The van der Waals surface area contributed by atoms with Gasteiger partial charge in [0.05, 0.1) is 11.1 Å². The number of halogens is 7. The summed E-state index contributed by atoms with van der Waals surface area (Å²) in [4.78, 5) is 10.3. The summed E-state index contributed by atoms with van der Waals surface area (Å²) in [6, 6.07) is 0.707. The Morgan fingerprint density at radius 3 is 1.53 bits per heavy atom. The van der Waals surface area contributed by atoms with E-state index in [1.807, 2.05) is 0 Å². The molecule has 0 amide bonds. The van der Waals surface area contributed by atoms with Gasteiger partial charge >= 0.3 is 12.4 Å². The molecule has 0 unspecified atom stereocenters. The van der Waals surface area contributed by atoms with Crippen LogP contribution < -0.4 is 0 Å². The van der Waals surface area contributed by atoms with Crippen molar-refractivity contribution in [2.24, 2.45) is 0 Å². The van der Waals surface area contributed by atoms with Crippen LogP contribution in [0.15, 0.2) is 16.6 Å². The third kappa shape index (κ3) is 2.99. The van der Waals surface area contributed by atoms with E-state index in [2.05, 4.69) is 15.9 Å². The Morgan fingerprint density at radius 1 is 0.941 bits per heavy atom. The molecule has 0 fully saturated rings. The summed E-state index contributed by atoms with van der Waals surface area (Å²) in [7, 11) is 0. The summed E-state index contributed by atoms with van der Waals surface area (Å²) in [5, 5.41) is 0. The highest BCUT2D eigenvalue weighted by molar-refractivity contribution is 9.10. The highest BCUT2D eigenvalue weighted by Crippen LogP contribution is 2.42. The minimum atomic E-state index is -4.97. The smallest absolute Gasteiger partial charge is 0.298 e. The molecule has 1 aromatic carbocycles. The number of rotatable bonds is 1. The number of carbonyl (C=O) groups excluding carboxylic acids is 1. The van der Waals surface area contributed by atoms with Crippen molar-refractivity contribution in [2.75, 3.05) is 0 Å². The van der Waals surface area contributed by atoms with Crippen LogP contribution in [0.2, 0.25) is 0 Å². The predicted molar refractivity (Wildman–Crippen MR) is 49.5 cm³/mol. The van der Waals surface area contributed by atoms with E-state index in [-0.39, 0.29) is 6.29 Å². The molecule has 17 heavy (non-hydrogen) atoms. The first-order valence-electron chi connectivity index (χ1n) is 4.00. The molecule has 0 aliphatic carbocycles. The average Bonchev–Trinajstić information content (AvgIpc) is 2.14. The van der Waals surface area contributed by atoms with Gasteiger partial charge in [0.1, 0.15) is 6.29 Å². The molecule has 0 spiro atoms. The number of aldehydes is 1. The largest absolute Gasteiger partial charge is 0.417 e. The van der Waals surface area contributed by atoms with Crippen molar-refractivity contribution in [3.05, 3.63) is 33.3 Å². The van der Waals surface area contributed by atoms with Gasteiger partial charge in [-0.15, -0.1) is 0 Å². The van der Waals surface area contributed by atoms with Crippen molar-refractivity contribution < 1.29 is 31.1 Å². The SMILES string of the molecule is O=Cc1cc(C(F)(F)F)c(Br)c(C(F)(F)F)c1. The van der Waals surface area contributed by atoms with E-state index in [1.54, 1.807) is 0 Å². The Hall–Kier alpha value is -1.05. The van der Waals surface area contributed by atoms with Crippen LogP contribution in [0.5, 0.6) is 0 Å². The lowest BCUT2D eigenvalue weighted by Crippen LogP contribution is -2.13. The normalized spacial score (nSPS) is 12.6. The average molecular weight is 321 g/mol. The van der Waals surface area contributed by atoms with Crippen LogP contribution in [0.3, 0.4) is 0 Å². The molecule has 0 radical (unpaired) electrons. The molecule has 0 bridgehead atoms. The number of carbonyl (C=O) groups is 1. The van der Waals surface area contributed by atoms with Crippen LogP contribution in [0.4, 0.5) is 26.3 Å². The zero-order chi connectivity index (χ0) is 13.4. The van der Waals surface area contributed by atoms with Crippen molar-refractivity contribution in [3.8, 4) is 0 Å². The molecular formula is C9H3BrF6O. The van der Waals surface area contributed by atoms with Crippen LogP contribution in [-0.4, -0.2) is 6.29 Å². The zero-order valence-electron chi connectivity index (χ0n) is 7.79. The first kappa shape index (κ1) is 14.0. The van der Waals surface area contributed by atoms with Crippen molar-refractivity contribution in [1.82, 2.24) is 0 Å². The second-order valence-electron chi connectivity index (χ2n) is 3.04. The summed E-state index contributed by atoms with van der Waals surface area (Å²) >= 11 is 2.26. The molecule has 0 heterocycles. The predicted octanol–water partition coefficient (Wildman–Crippen LogP) is 4.30. The van der Waals surface area contributed by atoms with Gasteiger partial charge < -0.3 is 0 Å². The quantitative estimate of drug-likeness (QED) is 0.557. The lowest BCUT2D eigenvalue weighted by Gasteiger charge is -2.15. The van der Waals surface area contributed by atoms with E-state index in [9.17, 15) is 31.1 Å². The molecule has 1 rings (SSSR count). The lowest BCUT2D eigenvalue weighted by molar-refractivity contribution is -0.144. The van der Waals surface area contributed by atoms with Gasteiger partial charge in [-0.05, 0) is 28.1 Å². The van der Waals surface area contributed by atoms with Crippen LogP contribution in [0.25, 0.3) is 0 Å². The van der Waals surface area contributed by atoms with Gasteiger partial charge in [-0.25, -0.2) is 0 Å². The molecule has 8 heteroatoms. The van der Waals surface area contributed by atoms with Gasteiger partial charge in [-0.3, -0.25) is 4.79 Å². The standard InChI is InChI=1S/C9H3BrF6O/c10-7-5(8(11,12)13)1-4(3-17)2-6(7)9(14,15)16/h1-3H. The number of benzene rings is 1. The fraction of sp³-hybridized carbons (Fsp3) is 0.222. The van der Waals surface area contributed by atoms with E-state index in [1.165, 1.54) is 0 Å². The Bertz CT molecular complexity index is 413. The summed E-state index contributed by atoms with van der Waals surface area (Å²) in [5.41, 5.74) is -3.75. The minimum Gasteiger partial charge on any atom is -0.298 e. The van der Waals surface area contributed by atoms with Gasteiger partial charge in [0.2, 0.25) is 0 Å². The summed E-state index contributed by atoms with van der Waals surface area (Å²) < 4.78 is 73.4. The topological polar surface area (TPSA) is 17.1 Å². The van der Waals surface area contributed by atoms with Gasteiger partial charge in [0.15, 0.2) is 0 Å². The van der Waals surface area contributed by atoms with Crippen LogP contribution in [0.1, 0.15) is 21.5 Å². The third-order valence-corrected chi connectivity index (χ3v) is 2.70. The number of hydrogen-bond acceptors (Lipinski definition) is 1. The van der Waals surface area contributed by atoms with Crippen molar-refractivity contribution in [1.29, 1.82) is 0 Å². The van der Waals surface area contributed by atoms with Gasteiger partial charge in [-0.1, -0.05) is 0 Å². The van der Waals surface area contributed by atoms with E-state index < -0.39 is 33.5 Å². The molecule has 94 valence electrons. The van der Waals surface area contributed by atoms with Gasteiger partial charge in [-0.2, -0.15) is 26.3 Å². The molecule has 1 aromatic rings. The summed E-state index contributed by atoms with van der Waals surface area (Å²) in [6.07, 6.45) is -10.0. The fourth-order valence-corrected chi connectivity index (χ4v) is 1.81. The number of alkyl halides is 6. The van der Waals surface area contributed by atoms with Crippen molar-refractivity contribution >= 4 is 22.2 Å². The van der Waals surface area contributed by atoms with Crippen molar-refractivity contribution in [2.45, 2.75) is 12.4 Å². The van der Waals surface area contributed by atoms with E-state index in [0.717, 1.165) is 0 Å². The summed E-state index contributed by atoms with van der Waals surface area (Å²) in [5.74, 6) is 0. The minimum absolute atomic E-state index is 0.0725. The van der Waals surface area contributed by atoms with Crippen LogP contribution in [0, 0.1) is 0 Å². The second kappa shape index (κ2) is 4.32. The molecular weight excluding hydrogens is 318 g/mol. The Balaban J connectivity index is 3.59. The molecule has 0 atom stereocenters. The van der Waals surface area contributed by atoms with E-state index >= 15 is 0 Å². The Morgan fingerprint density at radius 2 is 1.29 bits per heavy atom. The van der Waals surface area contributed by atoms with Crippen molar-refractivity contribution in [3.63, 3.8) is 0 Å². The van der Waals surface area contributed by atoms with Crippen LogP contribution in [-0.2, 0) is 12.4 Å². The maximum absolute atomic E-state index is 12.4. The first-order valence-corrected chi connectivity index (χ1v) is 4.79. The molecule has 0 aliphatic rings. The lowest BCUT2D eigenvalue weighted by atomic mass is 10.1. The summed E-state index contributed by atoms with van der Waals surface area (Å²) in [6.45, 7) is 0. The third-order valence-electron chi connectivity index (χ3n) is 1.84. The van der Waals surface area contributed by atoms with E-state index in [4.69, 9.17) is 0 Å². The van der Waals surface area contributed by atoms with Crippen LogP contribution >= 0.6 is 15.9 Å². The monoisotopic (exact) mass is 320 g/mol. The maximum Gasteiger partial charge on any atom is 0.417 e. The van der Waals surface area contributed by atoms with Gasteiger partial charge in [0.25, 0.3) is 0 Å². The maximum atomic E-state index is 12.4. The Labute approximate surface area is 99.5 Å². The Kier molecular flexibility index (Phi) is 3.56. The highest BCUT2D eigenvalue weighted by Gasteiger charge is 2.40. The van der Waals surface area contributed by atoms with Gasteiger partial charge in [0, 0.05) is 10.0 Å².